The number of nitrogens with one attached hydrogen (secondary N) is 1. The van der Waals surface area contributed by atoms with Crippen molar-refractivity contribution in [3.63, 3.8) is 0 Å². The maximum Gasteiger partial charge on any atom is 0.387 e. The van der Waals surface area contributed by atoms with Crippen molar-refractivity contribution in [1.29, 1.82) is 0 Å². The van der Waals surface area contributed by atoms with E-state index in [0.29, 0.717) is 10.9 Å². The summed E-state index contributed by atoms with van der Waals surface area (Å²) in [5.74, 6) is -0.339. The van der Waals surface area contributed by atoms with Gasteiger partial charge in [-0.2, -0.15) is 8.78 Å². The fourth-order valence-electron chi connectivity index (χ4n) is 2.30. The summed E-state index contributed by atoms with van der Waals surface area (Å²) < 4.78 is 29.2. The summed E-state index contributed by atoms with van der Waals surface area (Å²) >= 11 is 0. The molecule has 7 heteroatoms. The molecule has 5 nitrogen and oxygen atoms in total. The second kappa shape index (κ2) is 5.92. The fourth-order valence-corrected chi connectivity index (χ4v) is 2.30. The van der Waals surface area contributed by atoms with Crippen LogP contribution < -0.4 is 4.74 Å². The summed E-state index contributed by atoms with van der Waals surface area (Å²) in [6, 6.07) is 6.11. The van der Waals surface area contributed by atoms with Crippen LogP contribution >= 0.6 is 0 Å². The second-order valence-corrected chi connectivity index (χ2v) is 5.75. The third kappa shape index (κ3) is 3.73. The molecule has 0 spiro atoms. The van der Waals surface area contributed by atoms with Crippen LogP contribution in [0.2, 0.25) is 0 Å². The predicted octanol–water partition coefficient (Wildman–Crippen LogP) is 2.61. The van der Waals surface area contributed by atoms with Crippen LogP contribution in [0.3, 0.4) is 0 Å². The highest BCUT2D eigenvalue weighted by Crippen LogP contribution is 2.28. The van der Waals surface area contributed by atoms with Gasteiger partial charge in [-0.3, -0.25) is 4.79 Å². The molecule has 0 radical (unpaired) electrons. The summed E-state index contributed by atoms with van der Waals surface area (Å²) in [6.07, 6.45) is 0. The van der Waals surface area contributed by atoms with Crippen LogP contribution in [0.25, 0.3) is 10.9 Å². The number of H-pyrrole nitrogens is 1. The van der Waals surface area contributed by atoms with Gasteiger partial charge >= 0.3 is 6.61 Å². The number of aromatic amines is 1. The van der Waals surface area contributed by atoms with Crippen molar-refractivity contribution >= 4 is 16.8 Å². The van der Waals surface area contributed by atoms with Gasteiger partial charge in [0.25, 0.3) is 5.91 Å². The Morgan fingerprint density at radius 2 is 2.14 bits per heavy atom. The molecule has 0 aliphatic carbocycles. The largest absolute Gasteiger partial charge is 0.434 e. The van der Waals surface area contributed by atoms with Crippen molar-refractivity contribution in [1.82, 2.24) is 9.88 Å². The molecule has 0 fully saturated rings. The molecule has 2 rings (SSSR count). The number of ether oxygens (including phenoxy) is 1. The Labute approximate surface area is 126 Å². The van der Waals surface area contributed by atoms with Gasteiger partial charge in [-0.25, -0.2) is 0 Å². The summed E-state index contributed by atoms with van der Waals surface area (Å²) in [5.41, 5.74) is -0.259. The van der Waals surface area contributed by atoms with E-state index in [1.165, 1.54) is 17.0 Å². The van der Waals surface area contributed by atoms with E-state index >= 15 is 0 Å². The first kappa shape index (κ1) is 16.2. The van der Waals surface area contributed by atoms with Crippen LogP contribution in [0.4, 0.5) is 8.78 Å². The molecule has 0 unspecified atom stereocenters. The molecule has 1 amide bonds. The summed E-state index contributed by atoms with van der Waals surface area (Å²) in [4.78, 5) is 16.6. The van der Waals surface area contributed by atoms with Crippen molar-refractivity contribution in [3.8, 4) is 5.75 Å². The molecule has 0 saturated heterocycles. The van der Waals surface area contributed by atoms with Gasteiger partial charge in [0.1, 0.15) is 11.4 Å². The predicted molar refractivity (Wildman–Crippen MR) is 78.2 cm³/mol. The quantitative estimate of drug-likeness (QED) is 0.892. The lowest BCUT2D eigenvalue weighted by Crippen LogP contribution is -2.39. The number of nitrogens with zero attached hydrogens (tertiary/aromatic N) is 1. The van der Waals surface area contributed by atoms with Gasteiger partial charge in [0.2, 0.25) is 0 Å². The van der Waals surface area contributed by atoms with Crippen molar-refractivity contribution in [2.75, 3.05) is 13.6 Å². The van der Waals surface area contributed by atoms with E-state index in [1.807, 2.05) is 0 Å². The Kier molecular flexibility index (Phi) is 4.37. The molecular formula is C15H18F2N2O3. The summed E-state index contributed by atoms with van der Waals surface area (Å²) in [7, 11) is 1.56. The zero-order valence-electron chi connectivity index (χ0n) is 12.6. The molecule has 0 saturated carbocycles. The number of aromatic nitrogens is 1. The van der Waals surface area contributed by atoms with Gasteiger partial charge in [0.05, 0.1) is 5.60 Å². The smallest absolute Gasteiger partial charge is 0.387 e. The number of hydrogen-bond donors (Lipinski definition) is 2. The SMILES string of the molecule is CN(CC(C)(C)O)C(=O)c1cc2c(OC(F)F)cccc2[nH]1. The zero-order chi connectivity index (χ0) is 16.5. The number of halogens is 2. The normalized spacial score (nSPS) is 12.0. The Balaban J connectivity index is 2.31. The highest BCUT2D eigenvalue weighted by molar-refractivity contribution is 5.99. The molecule has 0 aliphatic rings. The van der Waals surface area contributed by atoms with Gasteiger partial charge < -0.3 is 19.7 Å². The van der Waals surface area contributed by atoms with Crippen LogP contribution in [-0.4, -0.2) is 46.7 Å². The van der Waals surface area contributed by atoms with Crippen LogP contribution in [0.5, 0.6) is 5.75 Å². The molecule has 2 aromatic rings. The van der Waals surface area contributed by atoms with Gasteiger partial charge in [-0.05, 0) is 32.0 Å². The number of likely N-dealkylation sites (N-methyl/N-ethyl adjacent to an activating group) is 1. The monoisotopic (exact) mass is 312 g/mol. The minimum atomic E-state index is -2.93. The highest BCUT2D eigenvalue weighted by Gasteiger charge is 2.22. The molecule has 0 aliphatic heterocycles. The van der Waals surface area contributed by atoms with Gasteiger partial charge in [-0.15, -0.1) is 0 Å². The highest BCUT2D eigenvalue weighted by atomic mass is 19.3. The number of hydrogen-bond acceptors (Lipinski definition) is 3. The third-order valence-electron chi connectivity index (χ3n) is 3.04. The van der Waals surface area contributed by atoms with Crippen molar-refractivity contribution in [3.05, 3.63) is 30.0 Å². The number of carbonyl (C=O) groups excluding carboxylic acids is 1. The Bertz CT molecular complexity index is 677. The minimum absolute atomic E-state index is 0.00735. The number of amides is 1. The van der Waals surface area contributed by atoms with Gasteiger partial charge in [-0.1, -0.05) is 6.07 Å². The molecule has 120 valence electrons. The first-order chi connectivity index (χ1) is 10.2. The standard InChI is InChI=1S/C15H18F2N2O3/c1-15(2,21)8-19(3)13(20)11-7-9-10(18-11)5-4-6-12(9)22-14(16)17/h4-7,14,18,21H,8H2,1-3H3. The number of carbonyl (C=O) groups is 1. The lowest BCUT2D eigenvalue weighted by Gasteiger charge is -2.25. The summed E-state index contributed by atoms with van der Waals surface area (Å²) in [5, 5.41) is 10.2. The Hall–Kier alpha value is -2.15. The van der Waals surface area contributed by atoms with Crippen LogP contribution in [0.15, 0.2) is 24.3 Å². The average molecular weight is 312 g/mol. The number of fused-ring (bicyclic) bond motifs is 1. The topological polar surface area (TPSA) is 65.6 Å². The molecular weight excluding hydrogens is 294 g/mol. The average Bonchev–Trinajstić information content (AvgIpc) is 2.80. The maximum absolute atomic E-state index is 12.4. The number of benzene rings is 1. The van der Waals surface area contributed by atoms with E-state index < -0.39 is 12.2 Å². The van der Waals surface area contributed by atoms with Crippen LogP contribution in [0, 0.1) is 0 Å². The first-order valence-electron chi connectivity index (χ1n) is 6.72. The first-order valence-corrected chi connectivity index (χ1v) is 6.72. The van der Waals surface area contributed by atoms with E-state index in [9.17, 15) is 18.7 Å². The lowest BCUT2D eigenvalue weighted by molar-refractivity contribution is -0.0487. The van der Waals surface area contributed by atoms with E-state index in [-0.39, 0.29) is 23.9 Å². The second-order valence-electron chi connectivity index (χ2n) is 5.75. The number of rotatable bonds is 5. The van der Waals surface area contributed by atoms with Crippen LogP contribution in [-0.2, 0) is 0 Å². The van der Waals surface area contributed by atoms with Crippen molar-refractivity contribution in [2.24, 2.45) is 0 Å². The summed E-state index contributed by atoms with van der Waals surface area (Å²) in [6.45, 7) is 0.395. The number of aliphatic hydroxyl groups is 1. The van der Waals surface area contributed by atoms with E-state index in [0.717, 1.165) is 0 Å². The Morgan fingerprint density at radius 3 is 2.73 bits per heavy atom. The molecule has 0 bridgehead atoms. The van der Waals surface area contributed by atoms with E-state index in [4.69, 9.17) is 0 Å². The van der Waals surface area contributed by atoms with Crippen LogP contribution in [0.1, 0.15) is 24.3 Å². The molecule has 2 N–H and O–H groups in total. The zero-order valence-corrected chi connectivity index (χ0v) is 12.6. The van der Waals surface area contributed by atoms with E-state index in [1.54, 1.807) is 33.0 Å². The van der Waals surface area contributed by atoms with Gasteiger partial charge in [0, 0.05) is 24.5 Å². The Morgan fingerprint density at radius 1 is 1.45 bits per heavy atom. The maximum atomic E-state index is 12.4. The molecule has 0 atom stereocenters. The molecule has 1 aromatic carbocycles. The fraction of sp³-hybridized carbons (Fsp3) is 0.400. The molecule has 1 heterocycles. The molecule has 22 heavy (non-hydrogen) atoms. The van der Waals surface area contributed by atoms with Crippen molar-refractivity contribution < 1.29 is 23.4 Å². The van der Waals surface area contributed by atoms with Gasteiger partial charge in [0.15, 0.2) is 0 Å². The lowest BCUT2D eigenvalue weighted by atomic mass is 10.1. The van der Waals surface area contributed by atoms with Crippen molar-refractivity contribution in [2.45, 2.75) is 26.1 Å². The third-order valence-corrected chi connectivity index (χ3v) is 3.04. The number of alkyl halides is 2. The van der Waals surface area contributed by atoms with E-state index in [2.05, 4.69) is 9.72 Å². The molecule has 1 aromatic heterocycles. The minimum Gasteiger partial charge on any atom is -0.434 e.